The normalized spacial score (nSPS) is 15.8. The van der Waals surface area contributed by atoms with E-state index in [1.165, 1.54) is 0 Å². The third kappa shape index (κ3) is 3.26. The first-order valence-electron chi connectivity index (χ1n) is 7.44. The maximum atomic E-state index is 13.0. The predicted octanol–water partition coefficient (Wildman–Crippen LogP) is 1.62. The zero-order chi connectivity index (χ0) is 17.5. The van der Waals surface area contributed by atoms with Gasteiger partial charge in [-0.2, -0.15) is 13.2 Å². The number of fused-ring (bicyclic) bond motifs is 1. The molecule has 1 aromatic carbocycles. The van der Waals surface area contributed by atoms with E-state index in [1.54, 1.807) is 4.90 Å². The van der Waals surface area contributed by atoms with Crippen LogP contribution >= 0.6 is 11.3 Å². The highest BCUT2D eigenvalue weighted by atomic mass is 32.1. The second kappa shape index (κ2) is 6.34. The van der Waals surface area contributed by atoms with Crippen molar-refractivity contribution in [1.82, 2.24) is 9.88 Å². The van der Waals surface area contributed by atoms with Crippen molar-refractivity contribution in [1.29, 1.82) is 0 Å². The molecule has 1 amide bonds. The fourth-order valence-electron chi connectivity index (χ4n) is 2.74. The van der Waals surface area contributed by atoms with Crippen molar-refractivity contribution in [2.75, 3.05) is 13.1 Å². The van der Waals surface area contributed by atoms with E-state index >= 15 is 0 Å². The van der Waals surface area contributed by atoms with Gasteiger partial charge in [-0.3, -0.25) is 4.79 Å². The number of benzene rings is 1. The summed E-state index contributed by atoms with van der Waals surface area (Å²) in [6.07, 6.45) is -1.83. The molecule has 3 rings (SSSR count). The number of piperidine rings is 1. The highest BCUT2D eigenvalue weighted by Gasteiger charge is 2.34. The van der Waals surface area contributed by atoms with Crippen molar-refractivity contribution in [3.63, 3.8) is 0 Å². The minimum Gasteiger partial charge on any atom is -0.423 e. The number of halogens is 3. The predicted molar refractivity (Wildman–Crippen MR) is 84.2 cm³/mol. The monoisotopic (exact) mass is 358 g/mol. The maximum Gasteiger partial charge on any atom is 0.489 e. The number of rotatable bonds is 2. The summed E-state index contributed by atoms with van der Waals surface area (Å²) in [6.45, 7) is 1.19. The average Bonchev–Trinajstić information content (AvgIpc) is 2.97. The van der Waals surface area contributed by atoms with Crippen LogP contribution in [0.25, 0.3) is 10.2 Å². The lowest BCUT2D eigenvalue weighted by molar-refractivity contribution is -0.137. The van der Waals surface area contributed by atoms with E-state index in [1.807, 2.05) is 0 Å². The standard InChI is InChI=1S/C14H14BF3N2O3S/c16-14(17,18)8-6-9(15(22)23)11-10(7-8)19-12(24-11)13(21)20-4-2-1-3-5-20/h6-7,22-23H,1-5H2. The van der Waals surface area contributed by atoms with Crippen molar-refractivity contribution >= 4 is 40.0 Å². The fraction of sp³-hybridized carbons (Fsp3) is 0.429. The van der Waals surface area contributed by atoms with Gasteiger partial charge in [-0.15, -0.1) is 11.3 Å². The summed E-state index contributed by atoms with van der Waals surface area (Å²) in [5.74, 6) is -0.331. The molecule has 0 unspecified atom stereocenters. The minimum atomic E-state index is -4.64. The van der Waals surface area contributed by atoms with Gasteiger partial charge in [0.2, 0.25) is 0 Å². The lowest BCUT2D eigenvalue weighted by Crippen LogP contribution is -2.35. The van der Waals surface area contributed by atoms with Gasteiger partial charge in [-0.25, -0.2) is 4.98 Å². The molecule has 2 heterocycles. The third-order valence-corrected chi connectivity index (χ3v) is 5.06. The van der Waals surface area contributed by atoms with E-state index < -0.39 is 18.9 Å². The molecule has 5 nitrogen and oxygen atoms in total. The maximum absolute atomic E-state index is 13.0. The zero-order valence-electron chi connectivity index (χ0n) is 12.5. The van der Waals surface area contributed by atoms with Crippen molar-refractivity contribution in [2.24, 2.45) is 0 Å². The second-order valence-electron chi connectivity index (χ2n) is 5.66. The first kappa shape index (κ1) is 17.2. The highest BCUT2D eigenvalue weighted by Crippen LogP contribution is 2.32. The number of thiazole rings is 1. The average molecular weight is 358 g/mol. The van der Waals surface area contributed by atoms with Crippen LogP contribution in [0.2, 0.25) is 0 Å². The molecule has 0 saturated carbocycles. The molecule has 1 aromatic heterocycles. The summed E-state index contributed by atoms with van der Waals surface area (Å²) in [4.78, 5) is 18.1. The number of nitrogens with zero attached hydrogens (tertiary/aromatic N) is 2. The molecule has 1 aliphatic rings. The molecule has 10 heteroatoms. The highest BCUT2D eigenvalue weighted by molar-refractivity contribution is 7.21. The molecule has 24 heavy (non-hydrogen) atoms. The third-order valence-electron chi connectivity index (χ3n) is 3.95. The Morgan fingerprint density at radius 3 is 2.46 bits per heavy atom. The van der Waals surface area contributed by atoms with E-state index in [4.69, 9.17) is 0 Å². The minimum absolute atomic E-state index is 0.0571. The van der Waals surface area contributed by atoms with E-state index in [9.17, 15) is 28.0 Å². The molecule has 2 aromatic rings. The molecule has 0 bridgehead atoms. The Hall–Kier alpha value is -1.65. The lowest BCUT2D eigenvalue weighted by Gasteiger charge is -2.25. The number of alkyl halides is 3. The zero-order valence-corrected chi connectivity index (χ0v) is 13.3. The molecular weight excluding hydrogens is 344 g/mol. The van der Waals surface area contributed by atoms with Crippen molar-refractivity contribution in [3.8, 4) is 0 Å². The summed E-state index contributed by atoms with van der Waals surface area (Å²) in [5.41, 5.74) is -1.38. The van der Waals surface area contributed by atoms with E-state index in [0.717, 1.165) is 36.7 Å². The van der Waals surface area contributed by atoms with Gasteiger partial charge in [0, 0.05) is 18.6 Å². The first-order chi connectivity index (χ1) is 11.3. The van der Waals surface area contributed by atoms with Crippen LogP contribution in [0.15, 0.2) is 12.1 Å². The van der Waals surface area contributed by atoms with Crippen LogP contribution < -0.4 is 5.46 Å². The van der Waals surface area contributed by atoms with Crippen molar-refractivity contribution in [2.45, 2.75) is 25.4 Å². The molecule has 0 spiro atoms. The lowest BCUT2D eigenvalue weighted by atomic mass is 9.79. The number of carbonyl (C=O) groups is 1. The summed E-state index contributed by atoms with van der Waals surface area (Å²) in [5, 5.41) is 18.8. The van der Waals surface area contributed by atoms with E-state index in [0.29, 0.717) is 19.2 Å². The largest absolute Gasteiger partial charge is 0.489 e. The Bertz CT molecular complexity index is 772. The Labute approximate surface area is 139 Å². The number of hydrogen-bond donors (Lipinski definition) is 2. The molecule has 1 aliphatic heterocycles. The van der Waals surface area contributed by atoms with Crippen molar-refractivity contribution in [3.05, 3.63) is 22.7 Å². The molecule has 2 N–H and O–H groups in total. The Kier molecular flexibility index (Phi) is 4.54. The Morgan fingerprint density at radius 2 is 1.88 bits per heavy atom. The topological polar surface area (TPSA) is 73.7 Å². The Morgan fingerprint density at radius 1 is 1.21 bits per heavy atom. The molecule has 0 aliphatic carbocycles. The first-order valence-corrected chi connectivity index (χ1v) is 8.26. The van der Waals surface area contributed by atoms with Gasteiger partial charge in [-0.1, -0.05) is 0 Å². The van der Waals surface area contributed by atoms with Crippen LogP contribution in [0.5, 0.6) is 0 Å². The van der Waals surface area contributed by atoms with Crippen LogP contribution in [0.1, 0.15) is 34.6 Å². The molecular formula is C14H14BF3N2O3S. The van der Waals surface area contributed by atoms with Gasteiger partial charge in [0.1, 0.15) is 0 Å². The van der Waals surface area contributed by atoms with Gasteiger partial charge in [0.05, 0.1) is 15.8 Å². The van der Waals surface area contributed by atoms with Crippen molar-refractivity contribution < 1.29 is 28.0 Å². The van der Waals surface area contributed by atoms with Crippen LogP contribution in [0.4, 0.5) is 13.2 Å². The van der Waals surface area contributed by atoms with Crippen LogP contribution in [0, 0.1) is 0 Å². The van der Waals surface area contributed by atoms with Gasteiger partial charge >= 0.3 is 13.3 Å². The molecule has 1 fully saturated rings. The van der Waals surface area contributed by atoms with E-state index in [2.05, 4.69) is 4.98 Å². The number of carbonyl (C=O) groups excluding carboxylic acids is 1. The van der Waals surface area contributed by atoms with Crippen LogP contribution in [-0.2, 0) is 6.18 Å². The second-order valence-corrected chi connectivity index (χ2v) is 6.66. The van der Waals surface area contributed by atoms with Gasteiger partial charge < -0.3 is 14.9 Å². The number of likely N-dealkylation sites (tertiary alicyclic amines) is 1. The number of amides is 1. The molecule has 0 radical (unpaired) electrons. The summed E-state index contributed by atoms with van der Waals surface area (Å²) in [7, 11) is -2.08. The molecule has 0 atom stereocenters. The SMILES string of the molecule is O=C(c1nc2cc(C(F)(F)F)cc(B(O)O)c2s1)N1CCCCC1. The Balaban J connectivity index is 2.06. The smallest absolute Gasteiger partial charge is 0.423 e. The summed E-state index contributed by atoms with van der Waals surface area (Å²) >= 11 is 0.884. The van der Waals surface area contributed by atoms with Gasteiger partial charge in [-0.05, 0) is 31.4 Å². The van der Waals surface area contributed by atoms with E-state index in [-0.39, 0.29) is 26.6 Å². The van der Waals surface area contributed by atoms with Gasteiger partial charge in [0.25, 0.3) is 5.91 Å². The number of aromatic nitrogens is 1. The molecule has 128 valence electrons. The fourth-order valence-corrected chi connectivity index (χ4v) is 3.78. The van der Waals surface area contributed by atoms with Gasteiger partial charge in [0.15, 0.2) is 5.01 Å². The van der Waals surface area contributed by atoms with Crippen LogP contribution in [-0.4, -0.2) is 46.0 Å². The quantitative estimate of drug-likeness (QED) is 0.801. The number of hydrogen-bond acceptors (Lipinski definition) is 5. The molecule has 1 saturated heterocycles. The summed E-state index contributed by atoms with van der Waals surface area (Å²) < 4.78 is 39.0. The van der Waals surface area contributed by atoms with Crippen LogP contribution in [0.3, 0.4) is 0 Å². The summed E-state index contributed by atoms with van der Waals surface area (Å²) in [6, 6.07) is 1.50.